The van der Waals surface area contributed by atoms with Crippen LogP contribution in [0.3, 0.4) is 0 Å². The zero-order valence-corrected chi connectivity index (χ0v) is 12.9. The van der Waals surface area contributed by atoms with E-state index in [1.807, 2.05) is 0 Å². The molecular formula is C13H17F4NO3S. The fourth-order valence-electron chi connectivity index (χ4n) is 1.65. The molecule has 1 aromatic rings. The molecule has 0 spiro atoms. The number of aliphatic hydroxyl groups excluding tert-OH is 1. The fraction of sp³-hybridized carbons (Fsp3) is 0.538. The predicted molar refractivity (Wildman–Crippen MR) is 72.1 cm³/mol. The third-order valence-corrected chi connectivity index (χ3v) is 4.48. The molecule has 0 saturated heterocycles. The lowest BCUT2D eigenvalue weighted by Gasteiger charge is -2.23. The Morgan fingerprint density at radius 3 is 2.32 bits per heavy atom. The first-order valence-corrected chi connectivity index (χ1v) is 7.85. The minimum absolute atomic E-state index is 0.0748. The molecule has 0 aliphatic heterocycles. The zero-order chi connectivity index (χ0) is 17.2. The highest BCUT2D eigenvalue weighted by Gasteiger charge is 2.35. The third kappa shape index (κ3) is 4.92. The first kappa shape index (κ1) is 18.9. The number of hydrogen-bond acceptors (Lipinski definition) is 3. The summed E-state index contributed by atoms with van der Waals surface area (Å²) in [7, 11) is -4.21. The molecular weight excluding hydrogens is 326 g/mol. The van der Waals surface area contributed by atoms with Crippen LogP contribution in [0.15, 0.2) is 23.1 Å². The van der Waals surface area contributed by atoms with Crippen molar-refractivity contribution in [3.63, 3.8) is 0 Å². The van der Waals surface area contributed by atoms with Crippen LogP contribution >= 0.6 is 0 Å². The minimum Gasteiger partial charge on any atom is -0.396 e. The van der Waals surface area contributed by atoms with Crippen LogP contribution < -0.4 is 4.72 Å². The molecule has 126 valence electrons. The van der Waals surface area contributed by atoms with Crippen LogP contribution in [0.5, 0.6) is 0 Å². The first-order chi connectivity index (χ1) is 9.89. The summed E-state index contributed by atoms with van der Waals surface area (Å²) in [5.41, 5.74) is -2.21. The van der Waals surface area contributed by atoms with E-state index < -0.39 is 37.9 Å². The summed E-state index contributed by atoms with van der Waals surface area (Å²) in [5, 5.41) is 8.86. The molecule has 0 unspecified atom stereocenters. The number of aliphatic hydroxyl groups is 1. The maximum absolute atomic E-state index is 13.2. The lowest BCUT2D eigenvalue weighted by Crippen LogP contribution is -2.34. The van der Waals surface area contributed by atoms with Crippen molar-refractivity contribution in [3.05, 3.63) is 29.6 Å². The summed E-state index contributed by atoms with van der Waals surface area (Å²) in [6.45, 7) is 3.16. The van der Waals surface area contributed by atoms with Gasteiger partial charge in [0.2, 0.25) is 10.0 Å². The molecule has 0 bridgehead atoms. The van der Waals surface area contributed by atoms with E-state index in [9.17, 15) is 26.0 Å². The van der Waals surface area contributed by atoms with Gasteiger partial charge in [0.25, 0.3) is 0 Å². The van der Waals surface area contributed by atoms with Crippen LogP contribution in [-0.2, 0) is 16.2 Å². The van der Waals surface area contributed by atoms with Crippen molar-refractivity contribution in [2.75, 3.05) is 13.2 Å². The summed E-state index contributed by atoms with van der Waals surface area (Å²) < 4.78 is 77.2. The molecule has 0 saturated carbocycles. The quantitative estimate of drug-likeness (QED) is 0.780. The summed E-state index contributed by atoms with van der Waals surface area (Å²) in [5.74, 6) is -1.54. The van der Waals surface area contributed by atoms with Gasteiger partial charge in [0.15, 0.2) is 0 Å². The van der Waals surface area contributed by atoms with Gasteiger partial charge < -0.3 is 5.11 Å². The second-order valence-corrected chi connectivity index (χ2v) is 7.37. The number of nitrogens with one attached hydrogen (secondary N) is 1. The second-order valence-electron chi connectivity index (χ2n) is 5.60. The topological polar surface area (TPSA) is 66.4 Å². The Balaban J connectivity index is 3.04. The Kier molecular flexibility index (Phi) is 5.58. The van der Waals surface area contributed by atoms with Gasteiger partial charge in [-0.3, -0.25) is 0 Å². The number of alkyl halides is 3. The van der Waals surface area contributed by atoms with Crippen molar-refractivity contribution in [2.24, 2.45) is 5.41 Å². The Morgan fingerprint density at radius 2 is 1.82 bits per heavy atom. The van der Waals surface area contributed by atoms with Crippen molar-refractivity contribution in [3.8, 4) is 0 Å². The zero-order valence-electron chi connectivity index (χ0n) is 12.0. The van der Waals surface area contributed by atoms with E-state index in [1.54, 1.807) is 13.8 Å². The molecule has 0 fully saturated rings. The minimum atomic E-state index is -4.98. The van der Waals surface area contributed by atoms with E-state index in [2.05, 4.69) is 4.72 Å². The van der Waals surface area contributed by atoms with Crippen LogP contribution in [0, 0.1) is 11.2 Å². The number of rotatable bonds is 6. The van der Waals surface area contributed by atoms with Crippen LogP contribution in [-0.4, -0.2) is 26.7 Å². The smallest absolute Gasteiger partial charge is 0.396 e. The van der Waals surface area contributed by atoms with Crippen molar-refractivity contribution >= 4 is 10.0 Å². The Morgan fingerprint density at radius 1 is 1.23 bits per heavy atom. The summed E-state index contributed by atoms with van der Waals surface area (Å²) >= 11 is 0. The van der Waals surface area contributed by atoms with Gasteiger partial charge in [-0.05, 0) is 30.0 Å². The number of halogens is 4. The Hall–Kier alpha value is -1.19. The van der Waals surface area contributed by atoms with E-state index in [0.29, 0.717) is 12.5 Å². The lowest BCUT2D eigenvalue weighted by atomic mass is 9.90. The van der Waals surface area contributed by atoms with Gasteiger partial charge >= 0.3 is 6.18 Å². The SMILES string of the molecule is CC(C)(CCO)CNS(=O)(=O)c1ccc(F)c(C(F)(F)F)c1. The average molecular weight is 343 g/mol. The summed E-state index contributed by atoms with van der Waals surface area (Å²) in [6.07, 6.45) is -4.67. The third-order valence-electron chi connectivity index (χ3n) is 3.08. The molecule has 4 nitrogen and oxygen atoms in total. The van der Waals surface area contributed by atoms with E-state index in [0.717, 1.165) is 6.07 Å². The average Bonchev–Trinajstić information content (AvgIpc) is 2.35. The monoisotopic (exact) mass is 343 g/mol. The van der Waals surface area contributed by atoms with E-state index in [-0.39, 0.29) is 19.2 Å². The van der Waals surface area contributed by atoms with Gasteiger partial charge in [0.05, 0.1) is 10.5 Å². The molecule has 9 heteroatoms. The highest BCUT2D eigenvalue weighted by molar-refractivity contribution is 7.89. The van der Waals surface area contributed by atoms with Crippen LogP contribution in [0.4, 0.5) is 17.6 Å². The maximum atomic E-state index is 13.2. The van der Waals surface area contributed by atoms with Gasteiger partial charge in [-0.25, -0.2) is 17.5 Å². The second kappa shape index (κ2) is 6.51. The Labute approximate surface area is 126 Å². The molecule has 1 rings (SSSR count). The summed E-state index contributed by atoms with van der Waals surface area (Å²) in [6, 6.07) is 1.50. The predicted octanol–water partition coefficient (Wildman–Crippen LogP) is 2.53. The van der Waals surface area contributed by atoms with Gasteiger partial charge in [0.1, 0.15) is 5.82 Å². The van der Waals surface area contributed by atoms with Crippen molar-refractivity contribution in [1.29, 1.82) is 0 Å². The molecule has 0 atom stereocenters. The summed E-state index contributed by atoms with van der Waals surface area (Å²) in [4.78, 5) is -0.666. The van der Waals surface area contributed by atoms with Crippen LogP contribution in [0.1, 0.15) is 25.8 Å². The number of benzene rings is 1. The fourth-order valence-corrected chi connectivity index (χ4v) is 2.92. The van der Waals surface area contributed by atoms with Crippen LogP contribution in [0.2, 0.25) is 0 Å². The van der Waals surface area contributed by atoms with Crippen molar-refractivity contribution in [2.45, 2.75) is 31.3 Å². The highest BCUT2D eigenvalue weighted by Crippen LogP contribution is 2.32. The highest BCUT2D eigenvalue weighted by atomic mass is 32.2. The lowest BCUT2D eigenvalue weighted by molar-refractivity contribution is -0.140. The molecule has 0 aliphatic carbocycles. The van der Waals surface area contributed by atoms with Gasteiger partial charge in [-0.2, -0.15) is 13.2 Å². The Bertz CT molecular complexity index is 627. The molecule has 22 heavy (non-hydrogen) atoms. The van der Waals surface area contributed by atoms with Crippen molar-refractivity contribution in [1.82, 2.24) is 4.72 Å². The number of sulfonamides is 1. The van der Waals surface area contributed by atoms with E-state index in [1.165, 1.54) is 0 Å². The van der Waals surface area contributed by atoms with Crippen LogP contribution in [0.25, 0.3) is 0 Å². The maximum Gasteiger partial charge on any atom is 0.419 e. The largest absolute Gasteiger partial charge is 0.419 e. The first-order valence-electron chi connectivity index (χ1n) is 6.36. The molecule has 0 amide bonds. The number of hydrogen-bond donors (Lipinski definition) is 2. The van der Waals surface area contributed by atoms with E-state index in [4.69, 9.17) is 5.11 Å². The molecule has 0 aliphatic rings. The van der Waals surface area contributed by atoms with Gasteiger partial charge in [0, 0.05) is 13.2 Å². The normalized spacial score (nSPS) is 13.4. The van der Waals surface area contributed by atoms with E-state index >= 15 is 0 Å². The molecule has 0 aromatic heterocycles. The van der Waals surface area contributed by atoms with Gasteiger partial charge in [-0.15, -0.1) is 0 Å². The van der Waals surface area contributed by atoms with Gasteiger partial charge in [-0.1, -0.05) is 13.8 Å². The molecule has 2 N–H and O–H groups in total. The molecule has 1 aromatic carbocycles. The molecule has 0 radical (unpaired) electrons. The standard InChI is InChI=1S/C13H17F4NO3S/c1-12(2,5-6-19)8-18-22(20,21)9-3-4-11(14)10(7-9)13(15,16)17/h3-4,7,18-19H,5-6,8H2,1-2H3. The molecule has 0 heterocycles. The van der Waals surface area contributed by atoms with Crippen molar-refractivity contribution < 1.29 is 31.1 Å².